The number of pyridine rings is 1. The predicted molar refractivity (Wildman–Crippen MR) is 105 cm³/mol. The van der Waals surface area contributed by atoms with Crippen molar-refractivity contribution in [2.24, 2.45) is 5.92 Å². The van der Waals surface area contributed by atoms with Crippen LogP contribution in [0.5, 0.6) is 0 Å². The molecule has 140 valence electrons. The highest BCUT2D eigenvalue weighted by atomic mass is 15.3. The van der Waals surface area contributed by atoms with E-state index in [1.165, 1.54) is 6.42 Å². The maximum Gasteiger partial charge on any atom is 0.225 e. The Morgan fingerprint density at radius 3 is 2.96 bits per heavy atom. The van der Waals surface area contributed by atoms with Gasteiger partial charge < -0.3 is 14.8 Å². The van der Waals surface area contributed by atoms with E-state index in [9.17, 15) is 0 Å². The molecule has 0 saturated carbocycles. The summed E-state index contributed by atoms with van der Waals surface area (Å²) < 4.78 is 2.18. The van der Waals surface area contributed by atoms with Crippen LogP contribution in [-0.2, 0) is 6.42 Å². The Kier molecular flexibility index (Phi) is 4.04. The van der Waals surface area contributed by atoms with Crippen LogP contribution in [0, 0.1) is 5.92 Å². The lowest BCUT2D eigenvalue weighted by atomic mass is 10.1. The average molecular weight is 363 g/mol. The fourth-order valence-electron chi connectivity index (χ4n) is 4.31. The molecule has 3 aromatic heterocycles. The number of rotatable bonds is 4. The summed E-state index contributed by atoms with van der Waals surface area (Å²) in [6.07, 6.45) is 7.58. The number of nitrogens with zero attached hydrogens (tertiary/aromatic N) is 6. The zero-order valence-corrected chi connectivity index (χ0v) is 15.8. The molecule has 5 rings (SSSR count). The van der Waals surface area contributed by atoms with Crippen LogP contribution in [0.25, 0.3) is 11.0 Å². The molecular formula is C20H25N7. The van der Waals surface area contributed by atoms with Gasteiger partial charge in [0.15, 0.2) is 0 Å². The van der Waals surface area contributed by atoms with Crippen molar-refractivity contribution in [2.75, 3.05) is 24.5 Å². The highest BCUT2D eigenvalue weighted by Crippen LogP contribution is 2.27. The van der Waals surface area contributed by atoms with Gasteiger partial charge in [-0.1, -0.05) is 0 Å². The van der Waals surface area contributed by atoms with Gasteiger partial charge >= 0.3 is 0 Å². The molecule has 3 aromatic rings. The fourth-order valence-corrected chi connectivity index (χ4v) is 4.31. The Hall–Kier alpha value is -2.54. The molecule has 5 heterocycles. The van der Waals surface area contributed by atoms with Crippen LogP contribution in [0.15, 0.2) is 30.9 Å². The molecular weight excluding hydrogens is 338 g/mol. The maximum atomic E-state index is 4.83. The van der Waals surface area contributed by atoms with E-state index >= 15 is 0 Å². The number of hydrogen-bond donors (Lipinski definition) is 1. The molecule has 2 aliphatic heterocycles. The Balaban J connectivity index is 1.38. The molecule has 0 radical (unpaired) electrons. The summed E-state index contributed by atoms with van der Waals surface area (Å²) in [5.74, 6) is 1.58. The fraction of sp³-hybridized carbons (Fsp3) is 0.500. The maximum absolute atomic E-state index is 4.83. The molecule has 0 aliphatic carbocycles. The average Bonchev–Trinajstić information content (AvgIpc) is 3.36. The van der Waals surface area contributed by atoms with Gasteiger partial charge in [0.2, 0.25) is 5.95 Å². The van der Waals surface area contributed by atoms with E-state index < -0.39 is 0 Å². The van der Waals surface area contributed by atoms with E-state index in [4.69, 9.17) is 4.98 Å². The first-order valence-corrected chi connectivity index (χ1v) is 9.79. The van der Waals surface area contributed by atoms with Crippen molar-refractivity contribution < 1.29 is 0 Å². The SMILES string of the molecule is CC(C)n1cnc2cnc(Cc3ccnc(N4CC5CCNC5C4)n3)cc21. The van der Waals surface area contributed by atoms with E-state index in [-0.39, 0.29) is 0 Å². The molecule has 2 atom stereocenters. The van der Waals surface area contributed by atoms with Crippen molar-refractivity contribution in [1.29, 1.82) is 0 Å². The van der Waals surface area contributed by atoms with Crippen LogP contribution in [0.2, 0.25) is 0 Å². The lowest BCUT2D eigenvalue weighted by Gasteiger charge is -2.17. The van der Waals surface area contributed by atoms with Crippen molar-refractivity contribution in [1.82, 2.24) is 29.8 Å². The number of imidazole rings is 1. The molecule has 2 fully saturated rings. The third-order valence-corrected chi connectivity index (χ3v) is 5.78. The second kappa shape index (κ2) is 6.56. The van der Waals surface area contributed by atoms with Gasteiger partial charge in [0.1, 0.15) is 5.52 Å². The summed E-state index contributed by atoms with van der Waals surface area (Å²) in [6.45, 7) is 7.53. The van der Waals surface area contributed by atoms with Gasteiger partial charge in [0.25, 0.3) is 0 Å². The van der Waals surface area contributed by atoms with Crippen molar-refractivity contribution in [3.05, 3.63) is 42.2 Å². The number of fused-ring (bicyclic) bond motifs is 2. The lowest BCUT2D eigenvalue weighted by Crippen LogP contribution is -2.30. The van der Waals surface area contributed by atoms with Gasteiger partial charge in [0.05, 0.1) is 23.7 Å². The summed E-state index contributed by atoms with van der Waals surface area (Å²) >= 11 is 0. The van der Waals surface area contributed by atoms with E-state index in [0.717, 1.165) is 53.9 Å². The van der Waals surface area contributed by atoms with Crippen molar-refractivity contribution in [3.8, 4) is 0 Å². The Labute approximate surface area is 158 Å². The molecule has 2 aliphatic rings. The molecule has 27 heavy (non-hydrogen) atoms. The molecule has 7 heteroatoms. The molecule has 1 N–H and O–H groups in total. The monoisotopic (exact) mass is 363 g/mol. The minimum Gasteiger partial charge on any atom is -0.339 e. The van der Waals surface area contributed by atoms with Gasteiger partial charge in [-0.15, -0.1) is 0 Å². The van der Waals surface area contributed by atoms with E-state index in [1.807, 2.05) is 24.8 Å². The molecule has 0 bridgehead atoms. The van der Waals surface area contributed by atoms with E-state index in [2.05, 4.69) is 49.6 Å². The molecule has 0 aromatic carbocycles. The second-order valence-corrected chi connectivity index (χ2v) is 7.95. The first-order valence-electron chi connectivity index (χ1n) is 9.79. The largest absolute Gasteiger partial charge is 0.339 e. The summed E-state index contributed by atoms with van der Waals surface area (Å²) in [5.41, 5.74) is 4.08. The number of hydrogen-bond acceptors (Lipinski definition) is 6. The second-order valence-electron chi connectivity index (χ2n) is 7.95. The molecule has 2 unspecified atom stereocenters. The zero-order chi connectivity index (χ0) is 18.4. The first-order chi connectivity index (χ1) is 13.2. The number of nitrogens with one attached hydrogen (secondary N) is 1. The standard InChI is InChI=1S/C20H25N7/c1-13(2)27-12-24-17-9-23-16(8-19(17)27)7-15-4-6-22-20(25-15)26-10-14-3-5-21-18(14)11-26/h4,6,8-9,12-14,18,21H,3,5,7,10-11H2,1-2H3. The van der Waals surface area contributed by atoms with Crippen molar-refractivity contribution in [3.63, 3.8) is 0 Å². The van der Waals surface area contributed by atoms with Gasteiger partial charge in [-0.2, -0.15) is 0 Å². The van der Waals surface area contributed by atoms with Gasteiger partial charge in [-0.25, -0.2) is 15.0 Å². The minimum atomic E-state index is 0.374. The smallest absolute Gasteiger partial charge is 0.225 e. The van der Waals surface area contributed by atoms with E-state index in [0.29, 0.717) is 18.5 Å². The van der Waals surface area contributed by atoms with Crippen LogP contribution >= 0.6 is 0 Å². The third kappa shape index (κ3) is 3.06. The first kappa shape index (κ1) is 16.6. The van der Waals surface area contributed by atoms with Crippen LogP contribution < -0.4 is 10.2 Å². The predicted octanol–water partition coefficient (Wildman–Crippen LogP) is 2.19. The third-order valence-electron chi connectivity index (χ3n) is 5.78. The lowest BCUT2D eigenvalue weighted by molar-refractivity contribution is 0.556. The van der Waals surface area contributed by atoms with Crippen molar-refractivity contribution >= 4 is 17.0 Å². The number of aromatic nitrogens is 5. The Morgan fingerprint density at radius 2 is 2.11 bits per heavy atom. The summed E-state index contributed by atoms with van der Waals surface area (Å²) in [7, 11) is 0. The molecule has 2 saturated heterocycles. The summed E-state index contributed by atoms with van der Waals surface area (Å²) in [5, 5.41) is 3.59. The summed E-state index contributed by atoms with van der Waals surface area (Å²) in [6, 6.07) is 5.09. The van der Waals surface area contributed by atoms with Crippen LogP contribution in [0.4, 0.5) is 5.95 Å². The minimum absolute atomic E-state index is 0.374. The Morgan fingerprint density at radius 1 is 1.19 bits per heavy atom. The topological polar surface area (TPSA) is 71.8 Å². The van der Waals surface area contributed by atoms with Gasteiger partial charge in [-0.05, 0) is 44.9 Å². The molecule has 7 nitrogen and oxygen atoms in total. The zero-order valence-electron chi connectivity index (χ0n) is 15.8. The number of anilines is 1. The van der Waals surface area contributed by atoms with Gasteiger partial charge in [0, 0.05) is 43.5 Å². The van der Waals surface area contributed by atoms with Crippen LogP contribution in [0.1, 0.15) is 37.7 Å². The van der Waals surface area contributed by atoms with Crippen LogP contribution in [0.3, 0.4) is 0 Å². The molecule has 0 spiro atoms. The highest BCUT2D eigenvalue weighted by molar-refractivity contribution is 5.74. The normalized spacial score (nSPS) is 22.1. The Bertz CT molecular complexity index is 952. The highest BCUT2D eigenvalue weighted by Gasteiger charge is 2.36. The van der Waals surface area contributed by atoms with E-state index in [1.54, 1.807) is 0 Å². The summed E-state index contributed by atoms with van der Waals surface area (Å²) in [4.78, 5) is 20.7. The molecule has 0 amide bonds. The quantitative estimate of drug-likeness (QED) is 0.766. The van der Waals surface area contributed by atoms with Gasteiger partial charge in [-0.3, -0.25) is 4.98 Å². The van der Waals surface area contributed by atoms with Crippen LogP contribution in [-0.4, -0.2) is 50.2 Å². The van der Waals surface area contributed by atoms with Crippen molar-refractivity contribution in [2.45, 2.75) is 38.8 Å².